The molecule has 26 heteroatoms. The first-order valence-electron chi connectivity index (χ1n) is 15.4. The lowest BCUT2D eigenvalue weighted by molar-refractivity contribution is -0.146. The van der Waals surface area contributed by atoms with E-state index in [9.17, 15) is 79.0 Å². The molecule has 7 rings (SSSR count). The van der Waals surface area contributed by atoms with Crippen LogP contribution in [0, 0.1) is 58.2 Å². The van der Waals surface area contributed by atoms with E-state index in [1.165, 1.54) is 0 Å². The second-order valence-corrected chi connectivity index (χ2v) is 12.3. The second-order valence-electron chi connectivity index (χ2n) is 12.3. The zero-order chi connectivity index (χ0) is 44.7. The van der Waals surface area contributed by atoms with Gasteiger partial charge < -0.3 is 0 Å². The van der Waals surface area contributed by atoms with E-state index in [-0.39, 0.29) is 24.3 Å². The van der Waals surface area contributed by atoms with Gasteiger partial charge in [0.05, 0.1) is 33.5 Å². The Morgan fingerprint density at radius 1 is 0.350 bits per heavy atom. The molecule has 316 valence electrons. The summed E-state index contributed by atoms with van der Waals surface area (Å²) < 4.78 is 323. The third-order valence-electron chi connectivity index (χ3n) is 8.81. The Morgan fingerprint density at radius 3 is 0.867 bits per heavy atom. The van der Waals surface area contributed by atoms with E-state index in [0.717, 1.165) is 0 Å². The molecule has 0 radical (unpaired) electrons. The quantitative estimate of drug-likeness (QED) is 0.0985. The summed E-state index contributed by atoms with van der Waals surface area (Å²) >= 11 is 0. The molecule has 0 atom stereocenters. The number of aromatic nitrogens is 2. The van der Waals surface area contributed by atoms with Crippen LogP contribution in [0.15, 0.2) is 36.4 Å². The fourth-order valence-corrected chi connectivity index (χ4v) is 6.38. The highest BCUT2D eigenvalue weighted by molar-refractivity contribution is 6.16. The van der Waals surface area contributed by atoms with Crippen molar-refractivity contribution in [1.29, 1.82) is 0 Å². The van der Waals surface area contributed by atoms with Crippen LogP contribution in [0.2, 0.25) is 0 Å². The van der Waals surface area contributed by atoms with Gasteiger partial charge in [0.25, 0.3) is 0 Å². The van der Waals surface area contributed by atoms with Crippen LogP contribution in [-0.4, -0.2) is 9.97 Å². The normalized spacial score (nSPS) is 13.8. The summed E-state index contributed by atoms with van der Waals surface area (Å²) in [7, 11) is 0. The van der Waals surface area contributed by atoms with Crippen molar-refractivity contribution in [2.45, 2.75) is 24.7 Å². The van der Waals surface area contributed by atoms with E-state index in [2.05, 4.69) is 9.97 Å². The van der Waals surface area contributed by atoms with Crippen LogP contribution in [0.1, 0.15) is 22.5 Å². The predicted molar refractivity (Wildman–Crippen MR) is 159 cm³/mol. The molecule has 0 fully saturated rings. The highest BCUT2D eigenvalue weighted by atomic mass is 19.4. The van der Waals surface area contributed by atoms with Gasteiger partial charge in [-0.25, -0.2) is 63.9 Å². The van der Waals surface area contributed by atoms with Crippen LogP contribution >= 0.6 is 0 Å². The maximum absolute atomic E-state index is 15.8. The molecular formula is C34H6F22N4. The molecule has 0 saturated heterocycles. The van der Waals surface area contributed by atoms with Crippen LogP contribution in [0.5, 0.6) is 0 Å². The lowest BCUT2D eigenvalue weighted by atomic mass is 9.90. The number of pyridine rings is 2. The smallest absolute Gasteiger partial charge is 0.243 e. The van der Waals surface area contributed by atoms with Crippen LogP contribution in [0.25, 0.3) is 32.9 Å². The van der Waals surface area contributed by atoms with Gasteiger partial charge in [0.2, 0.25) is 11.6 Å². The highest BCUT2D eigenvalue weighted by Crippen LogP contribution is 2.57. The minimum atomic E-state index is -5.94. The molecule has 60 heavy (non-hydrogen) atoms. The zero-order valence-electron chi connectivity index (χ0n) is 27.6. The molecule has 3 heterocycles. The van der Waals surface area contributed by atoms with Crippen molar-refractivity contribution in [2.75, 3.05) is 10.0 Å². The van der Waals surface area contributed by atoms with Crippen LogP contribution in [0.3, 0.4) is 0 Å². The SMILES string of the molecule is Fc1c(F)c(F)c(N2c3ccc4c(C(F)(F)F)cc(C(F)(F)F)nc4c3-c3c(ccc4c(C(F)(F)F)cc(C(F)(F)F)nc34)N2c2c(F)c(F)c(F)c(F)c2F)c(F)c1F. The summed E-state index contributed by atoms with van der Waals surface area (Å²) in [4.78, 5) is 6.04. The van der Waals surface area contributed by atoms with E-state index in [1.54, 1.807) is 0 Å². The Kier molecular flexibility index (Phi) is 9.17. The molecule has 4 nitrogen and oxygen atoms in total. The number of hydrazine groups is 1. The molecule has 0 amide bonds. The summed E-state index contributed by atoms with van der Waals surface area (Å²) in [6.07, 6.45) is -23.7. The molecule has 0 bridgehead atoms. The summed E-state index contributed by atoms with van der Waals surface area (Å²) in [5, 5.41) is -4.68. The molecule has 0 aliphatic carbocycles. The van der Waals surface area contributed by atoms with E-state index in [0.29, 0.717) is 0 Å². The Balaban J connectivity index is 1.86. The molecule has 0 N–H and O–H groups in total. The molecule has 4 aromatic carbocycles. The van der Waals surface area contributed by atoms with Gasteiger partial charge in [-0.2, -0.15) is 52.7 Å². The van der Waals surface area contributed by atoms with Gasteiger partial charge in [-0.15, -0.1) is 0 Å². The largest absolute Gasteiger partial charge is 0.433 e. The van der Waals surface area contributed by atoms with Gasteiger partial charge in [-0.05, 0) is 24.3 Å². The van der Waals surface area contributed by atoms with Gasteiger partial charge in [0.15, 0.2) is 46.5 Å². The number of anilines is 4. The van der Waals surface area contributed by atoms with Gasteiger partial charge in [-0.3, -0.25) is 0 Å². The molecule has 0 saturated carbocycles. The van der Waals surface area contributed by atoms with Crippen molar-refractivity contribution in [3.8, 4) is 11.1 Å². The molecule has 1 aliphatic rings. The average molecular weight is 888 g/mol. The highest BCUT2D eigenvalue weighted by Gasteiger charge is 2.47. The first-order valence-corrected chi connectivity index (χ1v) is 15.4. The second kappa shape index (κ2) is 13.1. The standard InChI is InChI=1S/C34H6F22N4/c35-17-19(37)23(41)29(24(42)20(17)38)59-11-3-1-7-9(31(45,46)47)5-13(33(51,52)53)57-27(7)15(11)16-12(60(59)30-25(43)21(39)18(36)22(40)26(30)44)4-2-8-10(32(48,49)50)6-14(34(54,55)56)58-28(8)16/h1-6H. The van der Waals surface area contributed by atoms with E-state index >= 15 is 17.6 Å². The van der Waals surface area contributed by atoms with Crippen LogP contribution in [-0.2, 0) is 24.7 Å². The zero-order valence-corrected chi connectivity index (χ0v) is 27.6. The number of benzene rings is 4. The van der Waals surface area contributed by atoms with E-state index < -0.39 is 183 Å². The number of alkyl halides is 12. The summed E-state index contributed by atoms with van der Waals surface area (Å²) in [6, 6.07) is -1.26. The topological polar surface area (TPSA) is 32.3 Å². The van der Waals surface area contributed by atoms with Gasteiger partial charge >= 0.3 is 24.7 Å². The van der Waals surface area contributed by atoms with Gasteiger partial charge in [0.1, 0.15) is 22.8 Å². The van der Waals surface area contributed by atoms with Crippen LogP contribution < -0.4 is 10.0 Å². The first-order chi connectivity index (χ1) is 27.5. The van der Waals surface area contributed by atoms with Gasteiger partial charge in [-0.1, -0.05) is 12.1 Å². The van der Waals surface area contributed by atoms with Gasteiger partial charge in [0, 0.05) is 21.9 Å². The number of hydrogen-bond donors (Lipinski definition) is 0. The minimum Gasteiger partial charge on any atom is -0.243 e. The van der Waals surface area contributed by atoms with Crippen molar-refractivity contribution in [1.82, 2.24) is 9.97 Å². The van der Waals surface area contributed by atoms with Crippen molar-refractivity contribution >= 4 is 44.6 Å². The number of hydrogen-bond acceptors (Lipinski definition) is 4. The molecule has 0 spiro atoms. The fraction of sp³-hybridized carbons (Fsp3) is 0.118. The summed E-state index contributed by atoms with van der Waals surface area (Å²) in [6.45, 7) is 0. The average Bonchev–Trinajstić information content (AvgIpc) is 3.15. The van der Waals surface area contributed by atoms with E-state index in [1.807, 2.05) is 0 Å². The molecule has 1 aliphatic heterocycles. The first kappa shape index (κ1) is 41.9. The maximum Gasteiger partial charge on any atom is 0.433 e. The number of rotatable bonds is 2. The van der Waals surface area contributed by atoms with Crippen LogP contribution in [0.4, 0.5) is 119 Å². The van der Waals surface area contributed by atoms with E-state index in [4.69, 9.17) is 0 Å². The van der Waals surface area contributed by atoms with Crippen molar-refractivity contribution in [3.05, 3.63) is 117 Å². The molecular weight excluding hydrogens is 882 g/mol. The number of fused-ring (bicyclic) bond motifs is 7. The molecule has 6 aromatic rings. The molecule has 0 unspecified atom stereocenters. The van der Waals surface area contributed by atoms with Crippen molar-refractivity contribution < 1.29 is 96.6 Å². The summed E-state index contributed by atoms with van der Waals surface area (Å²) in [5.41, 5.74) is -25.7. The monoisotopic (exact) mass is 888 g/mol. The lowest BCUT2D eigenvalue weighted by Gasteiger charge is -2.44. The molecule has 2 aromatic heterocycles. The minimum absolute atomic E-state index is 0.000997. The van der Waals surface area contributed by atoms with Crippen molar-refractivity contribution in [2.24, 2.45) is 0 Å². The maximum atomic E-state index is 15.8. The number of halogens is 22. The summed E-state index contributed by atoms with van der Waals surface area (Å²) in [5.74, 6) is -30.4. The third-order valence-corrected chi connectivity index (χ3v) is 8.81. The Hall–Kier alpha value is -6.24. The Labute approximate surface area is 314 Å². The third kappa shape index (κ3) is 6.11. The number of nitrogens with zero attached hydrogens (tertiary/aromatic N) is 4. The lowest BCUT2D eigenvalue weighted by Crippen LogP contribution is -2.42. The van der Waals surface area contributed by atoms with Crippen molar-refractivity contribution in [3.63, 3.8) is 0 Å². The predicted octanol–water partition coefficient (Wildman–Crippen LogP) is 13.1. The fourth-order valence-electron chi connectivity index (χ4n) is 6.38. The Morgan fingerprint density at radius 2 is 0.617 bits per heavy atom. The Bertz CT molecular complexity index is 2590.